The van der Waals surface area contributed by atoms with Crippen LogP contribution in [0.25, 0.3) is 0 Å². The van der Waals surface area contributed by atoms with Crippen molar-refractivity contribution in [1.82, 2.24) is 4.31 Å². The zero-order valence-corrected chi connectivity index (χ0v) is 14.1. The van der Waals surface area contributed by atoms with E-state index in [0.717, 1.165) is 5.56 Å². The summed E-state index contributed by atoms with van der Waals surface area (Å²) < 4.78 is 32.0. The lowest BCUT2D eigenvalue weighted by Gasteiger charge is -2.28. The highest BCUT2D eigenvalue weighted by molar-refractivity contribution is 7.89. The summed E-state index contributed by atoms with van der Waals surface area (Å²) in [7, 11) is -2.37. The molecule has 0 aliphatic carbocycles. The Morgan fingerprint density at radius 1 is 1.27 bits per heavy atom. The van der Waals surface area contributed by atoms with Gasteiger partial charge in [-0.1, -0.05) is 30.7 Å². The molecule has 0 spiro atoms. The van der Waals surface area contributed by atoms with Crippen LogP contribution in [-0.2, 0) is 19.6 Å². The molecule has 2 rings (SSSR count). The number of aryl methyl sites for hydroxylation is 1. The largest absolute Gasteiger partial charge is 0.466 e. The quantitative estimate of drug-likeness (QED) is 0.797. The normalized spacial score (nSPS) is 22.5. The molecule has 1 aromatic carbocycles. The number of hydrogen-bond donors (Lipinski definition) is 0. The molecule has 0 fully saturated rings. The molecule has 22 heavy (non-hydrogen) atoms. The summed E-state index contributed by atoms with van der Waals surface area (Å²) in [5, 5.41) is 0. The highest BCUT2D eigenvalue weighted by Crippen LogP contribution is 2.32. The fourth-order valence-corrected chi connectivity index (χ4v) is 4.54. The second kappa shape index (κ2) is 6.22. The van der Waals surface area contributed by atoms with Gasteiger partial charge in [0.25, 0.3) is 0 Å². The van der Waals surface area contributed by atoms with Crippen molar-refractivity contribution in [2.75, 3.05) is 7.11 Å². The molecular weight excluding hydrogens is 302 g/mol. The molecule has 120 valence electrons. The van der Waals surface area contributed by atoms with Gasteiger partial charge in [-0.15, -0.1) is 0 Å². The van der Waals surface area contributed by atoms with Gasteiger partial charge < -0.3 is 4.74 Å². The fraction of sp³-hybridized carbons (Fsp3) is 0.438. The molecule has 1 aliphatic rings. The number of ether oxygens (including phenoxy) is 1. The van der Waals surface area contributed by atoms with Crippen molar-refractivity contribution in [3.05, 3.63) is 41.5 Å². The summed E-state index contributed by atoms with van der Waals surface area (Å²) in [5.74, 6) is -0.479. The SMILES string of the molecule is CC[C@H]1C=C(C(=O)OC)[C@@H](C)N1S(=O)(=O)c1ccc(C)cc1. The Morgan fingerprint density at radius 3 is 2.36 bits per heavy atom. The Labute approximate surface area is 131 Å². The lowest BCUT2D eigenvalue weighted by atomic mass is 10.1. The van der Waals surface area contributed by atoms with Crippen molar-refractivity contribution in [3.63, 3.8) is 0 Å². The Morgan fingerprint density at radius 2 is 1.86 bits per heavy atom. The first kappa shape index (κ1) is 16.7. The van der Waals surface area contributed by atoms with E-state index in [1.54, 1.807) is 37.3 Å². The van der Waals surface area contributed by atoms with Crippen LogP contribution in [0.4, 0.5) is 0 Å². The molecule has 1 aromatic rings. The van der Waals surface area contributed by atoms with Gasteiger partial charge in [-0.3, -0.25) is 0 Å². The molecule has 2 atom stereocenters. The minimum absolute atomic E-state index is 0.239. The predicted molar refractivity (Wildman–Crippen MR) is 83.8 cm³/mol. The lowest BCUT2D eigenvalue weighted by molar-refractivity contribution is -0.136. The second-order valence-corrected chi connectivity index (χ2v) is 7.26. The van der Waals surface area contributed by atoms with Gasteiger partial charge in [-0.05, 0) is 32.4 Å². The summed E-state index contributed by atoms with van der Waals surface area (Å²) in [4.78, 5) is 12.1. The van der Waals surface area contributed by atoms with Gasteiger partial charge in [-0.25, -0.2) is 13.2 Å². The number of methoxy groups -OCH3 is 1. The minimum atomic E-state index is -3.67. The molecule has 0 unspecified atom stereocenters. The van der Waals surface area contributed by atoms with Crippen LogP contribution in [0.15, 0.2) is 40.8 Å². The van der Waals surface area contributed by atoms with Crippen LogP contribution in [0.2, 0.25) is 0 Å². The third kappa shape index (κ3) is 2.80. The average molecular weight is 323 g/mol. The van der Waals surface area contributed by atoms with Crippen molar-refractivity contribution in [2.45, 2.75) is 44.2 Å². The summed E-state index contributed by atoms with van der Waals surface area (Å²) in [6.07, 6.45) is 2.29. The van der Waals surface area contributed by atoms with Gasteiger partial charge in [0.15, 0.2) is 0 Å². The van der Waals surface area contributed by atoms with Crippen molar-refractivity contribution in [3.8, 4) is 0 Å². The summed E-state index contributed by atoms with van der Waals surface area (Å²) >= 11 is 0. The van der Waals surface area contributed by atoms with Crippen molar-refractivity contribution in [2.24, 2.45) is 0 Å². The maximum absolute atomic E-state index is 12.9. The minimum Gasteiger partial charge on any atom is -0.466 e. The molecular formula is C16H21NO4S. The van der Waals surface area contributed by atoms with E-state index < -0.39 is 22.0 Å². The maximum Gasteiger partial charge on any atom is 0.335 e. The molecule has 0 amide bonds. The molecule has 5 nitrogen and oxygen atoms in total. The first-order valence-corrected chi connectivity index (χ1v) is 8.67. The van der Waals surface area contributed by atoms with Gasteiger partial charge in [0.2, 0.25) is 10.0 Å². The fourth-order valence-electron chi connectivity index (χ4n) is 2.72. The molecule has 6 heteroatoms. The number of rotatable bonds is 4. The topological polar surface area (TPSA) is 63.7 Å². The van der Waals surface area contributed by atoms with Crippen molar-refractivity contribution in [1.29, 1.82) is 0 Å². The monoisotopic (exact) mass is 323 g/mol. The van der Waals surface area contributed by atoms with Crippen LogP contribution in [0.3, 0.4) is 0 Å². The molecule has 0 aromatic heterocycles. The highest BCUT2D eigenvalue weighted by Gasteiger charge is 2.42. The third-order valence-corrected chi connectivity index (χ3v) is 5.98. The van der Waals surface area contributed by atoms with Crippen LogP contribution in [0.1, 0.15) is 25.8 Å². The summed E-state index contributed by atoms with van der Waals surface area (Å²) in [6, 6.07) is 5.85. The van der Waals surface area contributed by atoms with Crippen LogP contribution in [0, 0.1) is 6.92 Å². The molecule has 1 aliphatic heterocycles. The van der Waals surface area contributed by atoms with E-state index in [2.05, 4.69) is 0 Å². The Hall–Kier alpha value is -1.66. The van der Waals surface area contributed by atoms with Crippen LogP contribution in [0.5, 0.6) is 0 Å². The van der Waals surface area contributed by atoms with Crippen molar-refractivity contribution < 1.29 is 17.9 Å². The predicted octanol–water partition coefficient (Wildman–Crippen LogP) is 2.27. The van der Waals surface area contributed by atoms with Gasteiger partial charge >= 0.3 is 5.97 Å². The maximum atomic E-state index is 12.9. The van der Waals surface area contributed by atoms with Crippen LogP contribution in [-0.4, -0.2) is 37.9 Å². The van der Waals surface area contributed by atoms with Gasteiger partial charge in [0, 0.05) is 6.04 Å². The van der Waals surface area contributed by atoms with E-state index in [4.69, 9.17) is 4.74 Å². The van der Waals surface area contributed by atoms with E-state index in [1.165, 1.54) is 11.4 Å². The van der Waals surface area contributed by atoms with Crippen LogP contribution >= 0.6 is 0 Å². The van der Waals surface area contributed by atoms with Gasteiger partial charge in [-0.2, -0.15) is 4.31 Å². The van der Waals surface area contributed by atoms with E-state index in [0.29, 0.717) is 12.0 Å². The Balaban J connectivity index is 2.43. The zero-order valence-electron chi connectivity index (χ0n) is 13.2. The third-order valence-electron chi connectivity index (χ3n) is 3.97. The van der Waals surface area contributed by atoms with Crippen LogP contribution < -0.4 is 0 Å². The first-order chi connectivity index (χ1) is 10.3. The number of benzene rings is 1. The number of carbonyl (C=O) groups is 1. The van der Waals surface area contributed by atoms with Gasteiger partial charge in [0.05, 0.1) is 23.6 Å². The van der Waals surface area contributed by atoms with Gasteiger partial charge in [0.1, 0.15) is 0 Å². The molecule has 0 radical (unpaired) electrons. The molecule has 0 N–H and O–H groups in total. The molecule has 0 saturated carbocycles. The highest BCUT2D eigenvalue weighted by atomic mass is 32.2. The number of esters is 1. The summed E-state index contributed by atoms with van der Waals surface area (Å²) in [5.41, 5.74) is 1.39. The van der Waals surface area contributed by atoms with E-state index in [1.807, 2.05) is 13.8 Å². The van der Waals surface area contributed by atoms with E-state index in [9.17, 15) is 13.2 Å². The number of nitrogens with zero attached hydrogens (tertiary/aromatic N) is 1. The molecule has 0 bridgehead atoms. The summed E-state index contributed by atoms with van der Waals surface area (Å²) in [6.45, 7) is 5.51. The van der Waals surface area contributed by atoms with E-state index >= 15 is 0 Å². The Kier molecular flexibility index (Phi) is 4.72. The number of hydrogen-bond acceptors (Lipinski definition) is 4. The standard InChI is InChI=1S/C16H21NO4S/c1-5-13-10-15(16(18)21-4)12(3)17(13)22(19,20)14-8-6-11(2)7-9-14/h6-10,12-13H,5H2,1-4H3/t12-,13+/m1/s1. The molecule has 1 heterocycles. The second-order valence-electron chi connectivity index (χ2n) is 5.41. The van der Waals surface area contributed by atoms with Crippen molar-refractivity contribution >= 4 is 16.0 Å². The molecule has 0 saturated heterocycles. The zero-order chi connectivity index (χ0) is 16.5. The van der Waals surface area contributed by atoms with E-state index in [-0.39, 0.29) is 10.9 Å². The lowest BCUT2D eigenvalue weighted by Crippen LogP contribution is -2.41. The Bertz CT molecular complexity index is 691. The smallest absolute Gasteiger partial charge is 0.335 e. The first-order valence-electron chi connectivity index (χ1n) is 7.23. The number of carbonyl (C=O) groups excluding carboxylic acids is 1. The number of sulfonamides is 1. The average Bonchev–Trinajstić information content (AvgIpc) is 2.84.